The lowest BCUT2D eigenvalue weighted by Crippen LogP contribution is -2.43. The summed E-state index contributed by atoms with van der Waals surface area (Å²) in [4.78, 5) is 15.6. The van der Waals surface area contributed by atoms with Crippen LogP contribution in [0.3, 0.4) is 0 Å². The summed E-state index contributed by atoms with van der Waals surface area (Å²) in [5.41, 5.74) is 2.46. The van der Waals surface area contributed by atoms with Gasteiger partial charge in [0.25, 0.3) is 0 Å². The highest BCUT2D eigenvalue weighted by atomic mass is 19.1. The van der Waals surface area contributed by atoms with Crippen LogP contribution in [0.1, 0.15) is 92.1 Å². The van der Waals surface area contributed by atoms with E-state index in [1.807, 2.05) is 18.2 Å². The Morgan fingerprint density at radius 2 is 1.71 bits per heavy atom. The van der Waals surface area contributed by atoms with Crippen LogP contribution in [-0.2, 0) is 0 Å². The molecule has 0 spiro atoms. The Morgan fingerprint density at radius 1 is 0.968 bits per heavy atom. The zero-order valence-electron chi connectivity index (χ0n) is 18.9. The summed E-state index contributed by atoms with van der Waals surface area (Å²) in [5, 5.41) is 0. The molecule has 0 aromatic heterocycles. The second kappa shape index (κ2) is 10.5. The van der Waals surface area contributed by atoms with E-state index in [4.69, 9.17) is 0 Å². The van der Waals surface area contributed by atoms with Crippen LogP contribution in [-0.4, -0.2) is 29.8 Å². The molecule has 4 rings (SSSR count). The maximum absolute atomic E-state index is 13.2. The molecule has 0 bridgehead atoms. The number of ketones is 1. The standard InChI is InChI=1S/C28H36FNO/c1-21(18-27-12-5-6-17-30(27)20-22-8-3-2-4-9-22)24-10-7-11-25(19-24)28(31)23-13-15-26(29)16-14-23/h7,10-11,13-16,19,21-22,27H,2-6,8-9,12,17-18,20H2,1H3. The van der Waals surface area contributed by atoms with Crippen molar-refractivity contribution in [3.8, 4) is 0 Å². The number of carbonyl (C=O) groups is 1. The lowest BCUT2D eigenvalue weighted by Gasteiger charge is -2.40. The predicted octanol–water partition coefficient (Wildman–Crippen LogP) is 6.99. The van der Waals surface area contributed by atoms with E-state index in [0.29, 0.717) is 23.1 Å². The number of carbonyl (C=O) groups excluding carboxylic acids is 1. The Hall–Kier alpha value is -2.00. The fourth-order valence-electron chi connectivity index (χ4n) is 5.57. The fourth-order valence-corrected chi connectivity index (χ4v) is 5.57. The summed E-state index contributed by atoms with van der Waals surface area (Å²) >= 11 is 0. The van der Waals surface area contributed by atoms with Gasteiger partial charge >= 0.3 is 0 Å². The number of piperidine rings is 1. The summed E-state index contributed by atoms with van der Waals surface area (Å²) in [7, 11) is 0. The van der Waals surface area contributed by atoms with Crippen molar-refractivity contribution in [2.75, 3.05) is 13.1 Å². The van der Waals surface area contributed by atoms with Gasteiger partial charge in [-0.1, -0.05) is 50.8 Å². The van der Waals surface area contributed by atoms with Crippen LogP contribution in [0, 0.1) is 11.7 Å². The van der Waals surface area contributed by atoms with Crippen molar-refractivity contribution < 1.29 is 9.18 Å². The molecular formula is C28H36FNO. The monoisotopic (exact) mass is 421 g/mol. The van der Waals surface area contributed by atoms with Crippen LogP contribution in [0.2, 0.25) is 0 Å². The van der Waals surface area contributed by atoms with Gasteiger partial charge in [-0.3, -0.25) is 4.79 Å². The minimum atomic E-state index is -0.316. The molecule has 1 heterocycles. The molecule has 166 valence electrons. The Kier molecular flexibility index (Phi) is 7.55. The minimum absolute atomic E-state index is 0.0364. The van der Waals surface area contributed by atoms with E-state index in [1.54, 1.807) is 12.1 Å². The van der Waals surface area contributed by atoms with Gasteiger partial charge in [0.15, 0.2) is 5.78 Å². The summed E-state index contributed by atoms with van der Waals surface area (Å²) in [5.74, 6) is 0.953. The molecule has 1 saturated heterocycles. The molecule has 0 radical (unpaired) electrons. The minimum Gasteiger partial charge on any atom is -0.300 e. The van der Waals surface area contributed by atoms with Crippen LogP contribution in [0.5, 0.6) is 0 Å². The molecule has 0 N–H and O–H groups in total. The molecule has 1 saturated carbocycles. The van der Waals surface area contributed by atoms with Crippen molar-refractivity contribution in [2.45, 2.75) is 76.7 Å². The third kappa shape index (κ3) is 5.83. The first-order chi connectivity index (χ1) is 15.1. The summed E-state index contributed by atoms with van der Waals surface area (Å²) in [6, 6.07) is 14.6. The third-order valence-electron chi connectivity index (χ3n) is 7.42. The van der Waals surface area contributed by atoms with Crippen molar-refractivity contribution >= 4 is 5.78 Å². The highest BCUT2D eigenvalue weighted by Crippen LogP contribution is 2.32. The Labute approximate surface area is 186 Å². The number of likely N-dealkylation sites (tertiary alicyclic amines) is 1. The van der Waals surface area contributed by atoms with Gasteiger partial charge in [-0.2, -0.15) is 0 Å². The lowest BCUT2D eigenvalue weighted by molar-refractivity contribution is 0.103. The SMILES string of the molecule is CC(CC1CCCCN1CC1CCCCC1)c1cccc(C(=O)c2ccc(F)cc2)c1. The second-order valence-corrected chi connectivity index (χ2v) is 9.75. The number of halogens is 1. The highest BCUT2D eigenvalue weighted by Gasteiger charge is 2.27. The molecule has 2 fully saturated rings. The predicted molar refractivity (Wildman–Crippen MR) is 125 cm³/mol. The van der Waals surface area contributed by atoms with Crippen LogP contribution >= 0.6 is 0 Å². The average molecular weight is 422 g/mol. The molecule has 2 unspecified atom stereocenters. The molecule has 31 heavy (non-hydrogen) atoms. The van der Waals surface area contributed by atoms with Gasteiger partial charge in [0.1, 0.15) is 5.82 Å². The number of hydrogen-bond acceptors (Lipinski definition) is 2. The van der Waals surface area contributed by atoms with Crippen LogP contribution < -0.4 is 0 Å². The van der Waals surface area contributed by atoms with Gasteiger partial charge in [0.2, 0.25) is 0 Å². The van der Waals surface area contributed by atoms with Crippen LogP contribution in [0.4, 0.5) is 4.39 Å². The average Bonchev–Trinajstić information content (AvgIpc) is 2.81. The van der Waals surface area contributed by atoms with Gasteiger partial charge in [0, 0.05) is 23.7 Å². The number of nitrogens with zero attached hydrogens (tertiary/aromatic N) is 1. The fraction of sp³-hybridized carbons (Fsp3) is 0.536. The maximum atomic E-state index is 13.2. The van der Waals surface area contributed by atoms with E-state index in [9.17, 15) is 9.18 Å². The van der Waals surface area contributed by atoms with Crippen molar-refractivity contribution in [1.29, 1.82) is 0 Å². The maximum Gasteiger partial charge on any atom is 0.193 e. The number of benzene rings is 2. The molecule has 2 aliphatic rings. The third-order valence-corrected chi connectivity index (χ3v) is 7.42. The molecule has 2 atom stereocenters. The number of hydrogen-bond donors (Lipinski definition) is 0. The van der Waals surface area contributed by atoms with Crippen LogP contribution in [0.15, 0.2) is 48.5 Å². The zero-order chi connectivity index (χ0) is 21.6. The molecule has 2 nitrogen and oxygen atoms in total. The molecule has 2 aromatic rings. The highest BCUT2D eigenvalue weighted by molar-refractivity contribution is 6.09. The molecule has 0 amide bonds. The topological polar surface area (TPSA) is 20.3 Å². The summed E-state index contributed by atoms with van der Waals surface area (Å²) < 4.78 is 13.2. The van der Waals surface area contributed by atoms with E-state index >= 15 is 0 Å². The zero-order valence-corrected chi connectivity index (χ0v) is 18.9. The van der Waals surface area contributed by atoms with E-state index < -0.39 is 0 Å². The molecule has 1 aliphatic carbocycles. The first-order valence-corrected chi connectivity index (χ1v) is 12.2. The molecular weight excluding hydrogens is 385 g/mol. The normalized spacial score (nSPS) is 21.7. The molecule has 2 aromatic carbocycles. The van der Waals surface area contributed by atoms with E-state index in [-0.39, 0.29) is 11.6 Å². The Balaban J connectivity index is 1.42. The number of rotatable bonds is 7. The van der Waals surface area contributed by atoms with Gasteiger partial charge in [-0.25, -0.2) is 4.39 Å². The Morgan fingerprint density at radius 3 is 2.48 bits per heavy atom. The van der Waals surface area contributed by atoms with Crippen molar-refractivity contribution in [2.24, 2.45) is 5.92 Å². The first-order valence-electron chi connectivity index (χ1n) is 12.2. The lowest BCUT2D eigenvalue weighted by atomic mass is 9.85. The van der Waals surface area contributed by atoms with Gasteiger partial charge in [0.05, 0.1) is 0 Å². The molecule has 3 heteroatoms. The first kappa shape index (κ1) is 22.2. The summed E-state index contributed by atoms with van der Waals surface area (Å²) in [6.07, 6.45) is 12.2. The van der Waals surface area contributed by atoms with Crippen LogP contribution in [0.25, 0.3) is 0 Å². The largest absolute Gasteiger partial charge is 0.300 e. The van der Waals surface area contributed by atoms with Gasteiger partial charge < -0.3 is 4.90 Å². The smallest absolute Gasteiger partial charge is 0.193 e. The Bertz CT molecular complexity index is 856. The van der Waals surface area contributed by atoms with Gasteiger partial charge in [-0.15, -0.1) is 0 Å². The van der Waals surface area contributed by atoms with E-state index in [2.05, 4.69) is 17.9 Å². The quantitative estimate of drug-likeness (QED) is 0.449. The van der Waals surface area contributed by atoms with E-state index in [0.717, 1.165) is 12.3 Å². The summed E-state index contributed by atoms with van der Waals surface area (Å²) in [6.45, 7) is 4.83. The van der Waals surface area contributed by atoms with Crippen molar-refractivity contribution in [1.82, 2.24) is 4.90 Å². The van der Waals surface area contributed by atoms with Crippen molar-refractivity contribution in [3.63, 3.8) is 0 Å². The van der Waals surface area contributed by atoms with E-state index in [1.165, 1.54) is 82.2 Å². The molecule has 1 aliphatic heterocycles. The van der Waals surface area contributed by atoms with Crippen molar-refractivity contribution in [3.05, 3.63) is 71.0 Å². The second-order valence-electron chi connectivity index (χ2n) is 9.75. The van der Waals surface area contributed by atoms with Gasteiger partial charge in [-0.05, 0) is 86.4 Å².